The van der Waals surface area contributed by atoms with Gasteiger partial charge in [-0.1, -0.05) is 12.1 Å². The summed E-state index contributed by atoms with van der Waals surface area (Å²) in [4.78, 5) is 13.8. The topological polar surface area (TPSA) is 100 Å². The van der Waals surface area contributed by atoms with Gasteiger partial charge < -0.3 is 19.5 Å². The van der Waals surface area contributed by atoms with Crippen molar-refractivity contribution in [2.24, 2.45) is 0 Å². The number of methoxy groups -OCH3 is 3. The number of carbonyl (C=O) groups is 1. The molecule has 1 aromatic heterocycles. The predicted octanol–water partition coefficient (Wildman–Crippen LogP) is 2.24. The van der Waals surface area contributed by atoms with Crippen molar-refractivity contribution in [1.82, 2.24) is 25.5 Å². The van der Waals surface area contributed by atoms with Gasteiger partial charge in [0.1, 0.15) is 11.8 Å². The Balaban J connectivity index is 1.66. The molecule has 1 heterocycles. The third-order valence-corrected chi connectivity index (χ3v) is 4.42. The van der Waals surface area contributed by atoms with Gasteiger partial charge in [-0.15, -0.1) is 10.2 Å². The number of tetrazole rings is 1. The maximum Gasteiger partial charge on any atom is 0.246 e. The van der Waals surface area contributed by atoms with E-state index in [0.717, 1.165) is 11.3 Å². The summed E-state index contributed by atoms with van der Waals surface area (Å²) in [6.07, 6.45) is 0. The van der Waals surface area contributed by atoms with E-state index in [1.165, 1.54) is 4.80 Å². The first-order chi connectivity index (χ1) is 14.0. The van der Waals surface area contributed by atoms with Crippen LogP contribution in [0.4, 0.5) is 0 Å². The fraction of sp³-hybridized carbons (Fsp3) is 0.300. The molecule has 0 fully saturated rings. The molecule has 3 rings (SSSR count). The number of ether oxygens (including phenoxy) is 3. The second-order valence-corrected chi connectivity index (χ2v) is 6.25. The van der Waals surface area contributed by atoms with Crippen LogP contribution in [0.25, 0.3) is 11.4 Å². The molecule has 2 aromatic carbocycles. The van der Waals surface area contributed by atoms with Gasteiger partial charge in [-0.2, -0.15) is 4.80 Å². The fourth-order valence-corrected chi connectivity index (χ4v) is 2.67. The average Bonchev–Trinajstić information content (AvgIpc) is 3.27. The zero-order valence-corrected chi connectivity index (χ0v) is 16.7. The van der Waals surface area contributed by atoms with Crippen LogP contribution in [0.1, 0.15) is 18.5 Å². The number of benzene rings is 2. The van der Waals surface area contributed by atoms with Crippen LogP contribution in [0.15, 0.2) is 42.5 Å². The number of hydrogen-bond acceptors (Lipinski definition) is 7. The largest absolute Gasteiger partial charge is 0.497 e. The minimum Gasteiger partial charge on any atom is -0.497 e. The lowest BCUT2D eigenvalue weighted by molar-refractivity contribution is -0.124. The molecule has 9 heteroatoms. The van der Waals surface area contributed by atoms with Gasteiger partial charge in [-0.3, -0.25) is 4.79 Å². The summed E-state index contributed by atoms with van der Waals surface area (Å²) < 4.78 is 15.7. The van der Waals surface area contributed by atoms with Crippen LogP contribution in [-0.4, -0.2) is 47.4 Å². The lowest BCUT2D eigenvalue weighted by atomic mass is 10.2. The van der Waals surface area contributed by atoms with Gasteiger partial charge >= 0.3 is 0 Å². The third kappa shape index (κ3) is 4.63. The molecule has 9 nitrogen and oxygen atoms in total. The van der Waals surface area contributed by atoms with E-state index in [1.807, 2.05) is 24.3 Å². The van der Waals surface area contributed by atoms with E-state index >= 15 is 0 Å². The zero-order valence-electron chi connectivity index (χ0n) is 16.7. The number of hydrogen-bond donors (Lipinski definition) is 1. The van der Waals surface area contributed by atoms with Gasteiger partial charge in [0, 0.05) is 12.1 Å². The molecule has 0 aliphatic carbocycles. The molecule has 3 aromatic rings. The molecular formula is C20H23N5O4. The Kier molecular flexibility index (Phi) is 6.28. The normalized spacial score (nSPS) is 11.6. The molecule has 0 aliphatic heterocycles. The molecule has 152 valence electrons. The Morgan fingerprint density at radius 2 is 1.76 bits per heavy atom. The molecular weight excluding hydrogens is 374 g/mol. The lowest BCUT2D eigenvalue weighted by Gasteiger charge is -2.11. The van der Waals surface area contributed by atoms with Crippen molar-refractivity contribution in [1.29, 1.82) is 0 Å². The standard InChI is InChI=1S/C20H23N5O4/c1-13(20(26)21-12-14-5-8-16(27-2)9-6-14)25-23-19(22-24-25)15-7-10-17(28-3)18(11-15)29-4/h5-11,13H,12H2,1-4H3,(H,21,26)/t13-/m0/s1. The van der Waals surface area contributed by atoms with Gasteiger partial charge in [0.2, 0.25) is 11.7 Å². The third-order valence-electron chi connectivity index (χ3n) is 4.42. The first kappa shape index (κ1) is 20.1. The van der Waals surface area contributed by atoms with Crippen molar-refractivity contribution >= 4 is 5.91 Å². The summed E-state index contributed by atoms with van der Waals surface area (Å²) in [6.45, 7) is 2.10. The summed E-state index contributed by atoms with van der Waals surface area (Å²) in [5.74, 6) is 2.11. The maximum absolute atomic E-state index is 12.5. The van der Waals surface area contributed by atoms with Crippen molar-refractivity contribution < 1.29 is 19.0 Å². The van der Waals surface area contributed by atoms with Crippen LogP contribution in [0.5, 0.6) is 17.2 Å². The Labute approximate surface area is 168 Å². The van der Waals surface area contributed by atoms with E-state index < -0.39 is 6.04 Å². The van der Waals surface area contributed by atoms with Crippen LogP contribution < -0.4 is 19.5 Å². The minimum atomic E-state index is -0.616. The molecule has 0 bridgehead atoms. The molecule has 0 unspecified atom stereocenters. The highest BCUT2D eigenvalue weighted by atomic mass is 16.5. The molecule has 29 heavy (non-hydrogen) atoms. The van der Waals surface area contributed by atoms with Crippen molar-refractivity contribution in [2.75, 3.05) is 21.3 Å². The minimum absolute atomic E-state index is 0.211. The Bertz CT molecular complexity index is 971. The van der Waals surface area contributed by atoms with Crippen LogP contribution in [-0.2, 0) is 11.3 Å². The first-order valence-corrected chi connectivity index (χ1v) is 8.98. The number of carbonyl (C=O) groups excluding carboxylic acids is 1. The van der Waals surface area contributed by atoms with E-state index in [4.69, 9.17) is 14.2 Å². The summed E-state index contributed by atoms with van der Waals surface area (Å²) in [5, 5.41) is 15.3. The van der Waals surface area contributed by atoms with Crippen LogP contribution >= 0.6 is 0 Å². The second-order valence-electron chi connectivity index (χ2n) is 6.25. The van der Waals surface area contributed by atoms with Gasteiger partial charge in [0.05, 0.1) is 21.3 Å². The molecule has 0 radical (unpaired) electrons. The Morgan fingerprint density at radius 3 is 2.41 bits per heavy atom. The molecule has 1 N–H and O–H groups in total. The van der Waals surface area contributed by atoms with Gasteiger partial charge in [-0.25, -0.2) is 0 Å². The van der Waals surface area contributed by atoms with E-state index in [1.54, 1.807) is 46.5 Å². The second kappa shape index (κ2) is 9.05. The Hall–Kier alpha value is -3.62. The SMILES string of the molecule is COc1ccc(CNC(=O)[C@H](C)n2nnc(-c3ccc(OC)c(OC)c3)n2)cc1. The molecule has 0 spiro atoms. The van der Waals surface area contributed by atoms with Crippen LogP contribution in [0.2, 0.25) is 0 Å². The molecule has 0 saturated heterocycles. The first-order valence-electron chi connectivity index (χ1n) is 8.98. The van der Waals surface area contributed by atoms with Gasteiger partial charge in [0.25, 0.3) is 0 Å². The highest BCUT2D eigenvalue weighted by molar-refractivity contribution is 5.79. The van der Waals surface area contributed by atoms with Crippen molar-refractivity contribution in [2.45, 2.75) is 19.5 Å². The van der Waals surface area contributed by atoms with Crippen LogP contribution in [0.3, 0.4) is 0 Å². The summed E-state index contributed by atoms with van der Waals surface area (Å²) in [6, 6.07) is 12.2. The highest BCUT2D eigenvalue weighted by Gasteiger charge is 2.19. The summed E-state index contributed by atoms with van der Waals surface area (Å²) in [5.41, 5.74) is 1.67. The zero-order chi connectivity index (χ0) is 20.8. The number of nitrogens with one attached hydrogen (secondary N) is 1. The number of nitrogens with zero attached hydrogens (tertiary/aromatic N) is 4. The molecule has 1 atom stereocenters. The quantitative estimate of drug-likeness (QED) is 0.622. The lowest BCUT2D eigenvalue weighted by Crippen LogP contribution is -2.31. The smallest absolute Gasteiger partial charge is 0.246 e. The number of amides is 1. The predicted molar refractivity (Wildman–Crippen MR) is 106 cm³/mol. The Morgan fingerprint density at radius 1 is 1.03 bits per heavy atom. The van der Waals surface area contributed by atoms with E-state index in [-0.39, 0.29) is 5.91 Å². The molecule has 0 saturated carbocycles. The van der Waals surface area contributed by atoms with E-state index in [0.29, 0.717) is 29.4 Å². The molecule has 0 aliphatic rings. The average molecular weight is 397 g/mol. The fourth-order valence-electron chi connectivity index (χ4n) is 2.67. The maximum atomic E-state index is 12.5. The van der Waals surface area contributed by atoms with Crippen molar-refractivity contribution in [3.63, 3.8) is 0 Å². The highest BCUT2D eigenvalue weighted by Crippen LogP contribution is 2.30. The monoisotopic (exact) mass is 397 g/mol. The van der Waals surface area contributed by atoms with E-state index in [2.05, 4.69) is 20.7 Å². The molecule has 1 amide bonds. The summed E-state index contributed by atoms with van der Waals surface area (Å²) >= 11 is 0. The van der Waals surface area contributed by atoms with Crippen molar-refractivity contribution in [3.8, 4) is 28.6 Å². The van der Waals surface area contributed by atoms with Gasteiger partial charge in [-0.05, 0) is 48.0 Å². The summed E-state index contributed by atoms with van der Waals surface area (Å²) in [7, 11) is 4.74. The van der Waals surface area contributed by atoms with E-state index in [9.17, 15) is 4.79 Å². The van der Waals surface area contributed by atoms with Gasteiger partial charge in [0.15, 0.2) is 11.5 Å². The number of rotatable bonds is 8. The number of aromatic nitrogens is 4. The van der Waals surface area contributed by atoms with Crippen molar-refractivity contribution in [3.05, 3.63) is 48.0 Å². The van der Waals surface area contributed by atoms with Crippen LogP contribution in [0, 0.1) is 0 Å².